The number of hydrogen-bond donors (Lipinski definition) is 1. The van der Waals surface area contributed by atoms with Crippen molar-refractivity contribution in [2.45, 2.75) is 38.1 Å². The smallest absolute Gasteiger partial charge is 0.254 e. The van der Waals surface area contributed by atoms with E-state index in [0.29, 0.717) is 6.04 Å². The normalized spacial score (nSPS) is 23.2. The first-order chi connectivity index (χ1) is 9.83. The molecule has 1 aromatic carbocycles. The molecule has 1 N–H and O–H groups in total. The maximum absolute atomic E-state index is 12.8. The van der Waals surface area contributed by atoms with Crippen LogP contribution in [0.2, 0.25) is 0 Å². The van der Waals surface area contributed by atoms with Crippen LogP contribution in [0.4, 0.5) is 0 Å². The number of likely N-dealkylation sites (tertiary alicyclic amines) is 1. The van der Waals surface area contributed by atoms with Gasteiger partial charge in [-0.25, -0.2) is 4.98 Å². The summed E-state index contributed by atoms with van der Waals surface area (Å²) in [6, 6.07) is 6.24. The van der Waals surface area contributed by atoms with Crippen LogP contribution in [0.5, 0.6) is 0 Å². The molecular formula is C16H19N3O. The quantitative estimate of drug-likeness (QED) is 0.911. The minimum absolute atomic E-state index is 0.191. The van der Waals surface area contributed by atoms with Gasteiger partial charge in [-0.2, -0.15) is 0 Å². The summed E-state index contributed by atoms with van der Waals surface area (Å²) in [5.41, 5.74) is 2.64. The monoisotopic (exact) mass is 269 g/mol. The fraction of sp³-hybridized carbons (Fsp3) is 0.500. The molecule has 1 saturated carbocycles. The van der Waals surface area contributed by atoms with E-state index >= 15 is 0 Å². The number of hydrogen-bond acceptors (Lipinski definition) is 2. The van der Waals surface area contributed by atoms with Crippen LogP contribution in [-0.2, 0) is 0 Å². The Balaban J connectivity index is 1.61. The van der Waals surface area contributed by atoms with E-state index in [0.717, 1.165) is 35.5 Å². The van der Waals surface area contributed by atoms with Crippen LogP contribution in [0.3, 0.4) is 0 Å². The highest BCUT2D eigenvalue weighted by Crippen LogP contribution is 2.37. The van der Waals surface area contributed by atoms with E-state index in [1.165, 1.54) is 25.7 Å². The first kappa shape index (κ1) is 11.9. The number of carbonyl (C=O) groups excluding carboxylic acids is 1. The Labute approximate surface area is 118 Å². The maximum atomic E-state index is 12.8. The van der Waals surface area contributed by atoms with E-state index in [2.05, 4.69) is 14.9 Å². The molecule has 2 fully saturated rings. The first-order valence-electron chi connectivity index (χ1n) is 7.57. The molecule has 1 unspecified atom stereocenters. The Hall–Kier alpha value is -1.84. The molecule has 1 aliphatic heterocycles. The van der Waals surface area contributed by atoms with Gasteiger partial charge in [0.2, 0.25) is 0 Å². The Kier molecular flexibility index (Phi) is 2.76. The molecule has 104 valence electrons. The zero-order valence-corrected chi connectivity index (χ0v) is 11.5. The molecule has 1 atom stereocenters. The zero-order valence-electron chi connectivity index (χ0n) is 11.5. The minimum atomic E-state index is 0.191. The van der Waals surface area contributed by atoms with Gasteiger partial charge in [0.25, 0.3) is 5.91 Å². The lowest BCUT2D eigenvalue weighted by atomic mass is 9.78. The SMILES string of the molecule is O=C(c1ccc2nc[nH]c2c1)N1CCCC1C1CCC1. The number of aromatic nitrogens is 2. The molecule has 4 rings (SSSR count). The van der Waals surface area contributed by atoms with Crippen molar-refractivity contribution in [2.75, 3.05) is 6.54 Å². The lowest BCUT2D eigenvalue weighted by molar-refractivity contribution is 0.0626. The van der Waals surface area contributed by atoms with Gasteiger partial charge in [0.1, 0.15) is 0 Å². The van der Waals surface area contributed by atoms with Gasteiger partial charge in [-0.3, -0.25) is 4.79 Å². The van der Waals surface area contributed by atoms with Crippen molar-refractivity contribution >= 4 is 16.9 Å². The standard InChI is InChI=1S/C16H19N3O/c20-16(12-6-7-13-14(9-12)18-10-17-13)19-8-2-5-15(19)11-3-1-4-11/h6-7,9-11,15H,1-5,8H2,(H,17,18). The third-order valence-electron chi connectivity index (χ3n) is 4.92. The lowest BCUT2D eigenvalue weighted by Gasteiger charge is -2.37. The van der Waals surface area contributed by atoms with Gasteiger partial charge >= 0.3 is 0 Å². The van der Waals surface area contributed by atoms with Crippen LogP contribution >= 0.6 is 0 Å². The summed E-state index contributed by atoms with van der Waals surface area (Å²) in [5.74, 6) is 0.938. The van der Waals surface area contributed by atoms with Gasteiger partial charge in [-0.05, 0) is 49.8 Å². The number of nitrogens with zero attached hydrogens (tertiary/aromatic N) is 2. The second kappa shape index (κ2) is 4.62. The number of aromatic amines is 1. The third kappa shape index (κ3) is 1.82. The summed E-state index contributed by atoms with van der Waals surface area (Å²) >= 11 is 0. The second-order valence-electron chi connectivity index (χ2n) is 6.03. The Bertz CT molecular complexity index is 644. The van der Waals surface area contributed by atoms with E-state index < -0.39 is 0 Å². The predicted octanol–water partition coefficient (Wildman–Crippen LogP) is 2.97. The van der Waals surface area contributed by atoms with Gasteiger partial charge in [-0.15, -0.1) is 0 Å². The summed E-state index contributed by atoms with van der Waals surface area (Å²) < 4.78 is 0. The highest BCUT2D eigenvalue weighted by Gasteiger charge is 2.37. The largest absolute Gasteiger partial charge is 0.345 e. The molecule has 0 bridgehead atoms. The van der Waals surface area contributed by atoms with E-state index in [9.17, 15) is 4.79 Å². The van der Waals surface area contributed by atoms with Crippen LogP contribution in [0.15, 0.2) is 24.5 Å². The summed E-state index contributed by atoms with van der Waals surface area (Å²) in [4.78, 5) is 22.2. The average Bonchev–Trinajstić information content (AvgIpc) is 3.03. The number of imidazole rings is 1. The molecule has 1 amide bonds. The summed E-state index contributed by atoms with van der Waals surface area (Å²) in [7, 11) is 0. The van der Waals surface area contributed by atoms with Crippen molar-refractivity contribution in [1.82, 2.24) is 14.9 Å². The van der Waals surface area contributed by atoms with Crippen molar-refractivity contribution < 1.29 is 4.79 Å². The fourth-order valence-electron chi connectivity index (χ4n) is 3.59. The number of fused-ring (bicyclic) bond motifs is 1. The summed E-state index contributed by atoms with van der Waals surface area (Å²) in [6.45, 7) is 0.918. The van der Waals surface area contributed by atoms with Gasteiger partial charge in [0.15, 0.2) is 0 Å². The van der Waals surface area contributed by atoms with Crippen LogP contribution in [-0.4, -0.2) is 33.4 Å². The number of nitrogens with one attached hydrogen (secondary N) is 1. The number of H-pyrrole nitrogens is 1. The van der Waals surface area contributed by atoms with Crippen LogP contribution in [0, 0.1) is 5.92 Å². The van der Waals surface area contributed by atoms with Crippen molar-refractivity contribution in [3.63, 3.8) is 0 Å². The van der Waals surface area contributed by atoms with Crippen molar-refractivity contribution in [1.29, 1.82) is 0 Å². The maximum Gasteiger partial charge on any atom is 0.254 e. The molecule has 4 nitrogen and oxygen atoms in total. The number of amides is 1. The second-order valence-corrected chi connectivity index (χ2v) is 6.03. The molecule has 2 heterocycles. The minimum Gasteiger partial charge on any atom is -0.345 e. The fourth-order valence-corrected chi connectivity index (χ4v) is 3.59. The van der Waals surface area contributed by atoms with E-state index in [4.69, 9.17) is 0 Å². The molecular weight excluding hydrogens is 250 g/mol. The predicted molar refractivity (Wildman–Crippen MR) is 77.5 cm³/mol. The highest BCUT2D eigenvalue weighted by molar-refractivity contribution is 5.97. The topological polar surface area (TPSA) is 49.0 Å². The van der Waals surface area contributed by atoms with E-state index in [-0.39, 0.29) is 5.91 Å². The van der Waals surface area contributed by atoms with Crippen molar-refractivity contribution in [3.8, 4) is 0 Å². The van der Waals surface area contributed by atoms with Crippen LogP contribution < -0.4 is 0 Å². The molecule has 4 heteroatoms. The molecule has 1 saturated heterocycles. The summed E-state index contributed by atoms with van der Waals surface area (Å²) in [5, 5.41) is 0. The number of carbonyl (C=O) groups is 1. The Morgan fingerprint density at radius 3 is 2.95 bits per heavy atom. The molecule has 0 radical (unpaired) electrons. The molecule has 0 spiro atoms. The summed E-state index contributed by atoms with van der Waals surface area (Å²) in [6.07, 6.45) is 7.94. The zero-order chi connectivity index (χ0) is 13.5. The molecule has 2 aromatic rings. The van der Waals surface area contributed by atoms with Crippen LogP contribution in [0.1, 0.15) is 42.5 Å². The highest BCUT2D eigenvalue weighted by atomic mass is 16.2. The Morgan fingerprint density at radius 2 is 2.15 bits per heavy atom. The average molecular weight is 269 g/mol. The van der Waals surface area contributed by atoms with Gasteiger partial charge in [0, 0.05) is 18.2 Å². The van der Waals surface area contributed by atoms with Crippen molar-refractivity contribution in [2.24, 2.45) is 5.92 Å². The van der Waals surface area contributed by atoms with E-state index in [1.54, 1.807) is 6.33 Å². The molecule has 1 aliphatic carbocycles. The van der Waals surface area contributed by atoms with Gasteiger partial charge < -0.3 is 9.88 Å². The third-order valence-corrected chi connectivity index (χ3v) is 4.92. The molecule has 20 heavy (non-hydrogen) atoms. The molecule has 1 aromatic heterocycles. The van der Waals surface area contributed by atoms with Crippen LogP contribution in [0.25, 0.3) is 11.0 Å². The van der Waals surface area contributed by atoms with Gasteiger partial charge in [-0.1, -0.05) is 6.42 Å². The lowest BCUT2D eigenvalue weighted by Crippen LogP contribution is -2.42. The molecule has 2 aliphatic rings. The number of benzene rings is 1. The van der Waals surface area contributed by atoms with Gasteiger partial charge in [0.05, 0.1) is 17.4 Å². The van der Waals surface area contributed by atoms with Crippen molar-refractivity contribution in [3.05, 3.63) is 30.1 Å². The number of rotatable bonds is 2. The van der Waals surface area contributed by atoms with E-state index in [1.807, 2.05) is 18.2 Å². The first-order valence-corrected chi connectivity index (χ1v) is 7.57. The Morgan fingerprint density at radius 1 is 1.25 bits per heavy atom.